The molecule has 0 saturated carbocycles. The van der Waals surface area contributed by atoms with Crippen molar-refractivity contribution in [3.63, 3.8) is 0 Å². The largest absolute Gasteiger partial charge is 0.497 e. The van der Waals surface area contributed by atoms with Gasteiger partial charge in [0, 0.05) is 28.4 Å². The van der Waals surface area contributed by atoms with E-state index >= 15 is 0 Å². The molecule has 0 radical (unpaired) electrons. The third-order valence-electron chi connectivity index (χ3n) is 4.59. The van der Waals surface area contributed by atoms with Gasteiger partial charge in [0.1, 0.15) is 10.8 Å². The number of carbonyl (C=O) groups excluding carboxylic acids is 1. The Hall–Kier alpha value is -3.03. The van der Waals surface area contributed by atoms with Gasteiger partial charge in [0.2, 0.25) is 5.91 Å². The maximum atomic E-state index is 12.3. The fraction of sp³-hybridized carbons (Fsp3) is 0.174. The topological polar surface area (TPSA) is 64.1 Å². The highest BCUT2D eigenvalue weighted by molar-refractivity contribution is 7.13. The van der Waals surface area contributed by atoms with Crippen molar-refractivity contribution in [1.82, 2.24) is 15.3 Å². The number of nitrogens with zero attached hydrogens (tertiary/aromatic N) is 2. The zero-order chi connectivity index (χ0) is 20.9. The predicted octanol–water partition coefficient (Wildman–Crippen LogP) is 5.11. The van der Waals surface area contributed by atoms with E-state index in [-0.39, 0.29) is 12.3 Å². The molecule has 2 aromatic carbocycles. The minimum atomic E-state index is -0.0409. The zero-order valence-electron chi connectivity index (χ0n) is 16.7. The van der Waals surface area contributed by atoms with Gasteiger partial charge in [-0.05, 0) is 36.8 Å². The summed E-state index contributed by atoms with van der Waals surface area (Å²) in [7, 11) is 1.64. The highest BCUT2D eigenvalue weighted by Crippen LogP contribution is 2.26. The lowest BCUT2D eigenvalue weighted by Gasteiger charge is -2.05. The Morgan fingerprint density at radius 1 is 0.967 bits per heavy atom. The van der Waals surface area contributed by atoms with Crippen LogP contribution in [0.4, 0.5) is 0 Å². The third kappa shape index (κ3) is 4.93. The Bertz CT molecular complexity index is 1130. The van der Waals surface area contributed by atoms with Crippen LogP contribution in [0.3, 0.4) is 0 Å². The summed E-state index contributed by atoms with van der Waals surface area (Å²) in [6, 6.07) is 15.9. The molecule has 0 aliphatic rings. The molecule has 0 bridgehead atoms. The second-order valence-corrected chi connectivity index (χ2v) is 8.70. The average molecular weight is 436 g/mol. The highest BCUT2D eigenvalue weighted by atomic mass is 32.1. The van der Waals surface area contributed by atoms with Crippen LogP contribution in [0.2, 0.25) is 0 Å². The van der Waals surface area contributed by atoms with Gasteiger partial charge >= 0.3 is 0 Å². The number of amides is 1. The number of hydrogen-bond acceptors (Lipinski definition) is 6. The lowest BCUT2D eigenvalue weighted by Crippen LogP contribution is -2.24. The monoisotopic (exact) mass is 435 g/mol. The van der Waals surface area contributed by atoms with Crippen LogP contribution >= 0.6 is 22.7 Å². The molecule has 0 unspecified atom stereocenters. The summed E-state index contributed by atoms with van der Waals surface area (Å²) in [5.41, 5.74) is 4.92. The lowest BCUT2D eigenvalue weighted by molar-refractivity contribution is -0.120. The minimum absolute atomic E-state index is 0.0409. The van der Waals surface area contributed by atoms with Crippen LogP contribution in [0.1, 0.15) is 16.3 Å². The van der Waals surface area contributed by atoms with Crippen molar-refractivity contribution in [2.45, 2.75) is 19.9 Å². The predicted molar refractivity (Wildman–Crippen MR) is 122 cm³/mol. The smallest absolute Gasteiger partial charge is 0.226 e. The van der Waals surface area contributed by atoms with E-state index in [9.17, 15) is 4.79 Å². The van der Waals surface area contributed by atoms with Crippen LogP contribution in [0, 0.1) is 6.92 Å². The number of nitrogens with one attached hydrogen (secondary N) is 1. The second kappa shape index (κ2) is 9.19. The summed E-state index contributed by atoms with van der Waals surface area (Å²) in [5, 5.41) is 8.91. The van der Waals surface area contributed by atoms with E-state index in [0.717, 1.165) is 43.8 Å². The van der Waals surface area contributed by atoms with Crippen LogP contribution in [0.5, 0.6) is 5.75 Å². The molecule has 152 valence electrons. The first-order valence-electron chi connectivity index (χ1n) is 9.47. The van der Waals surface area contributed by atoms with E-state index in [1.807, 2.05) is 60.8 Å². The van der Waals surface area contributed by atoms with Gasteiger partial charge in [-0.1, -0.05) is 24.3 Å². The Morgan fingerprint density at radius 2 is 1.70 bits per heavy atom. The highest BCUT2D eigenvalue weighted by Gasteiger charge is 2.10. The molecule has 1 N–H and O–H groups in total. The van der Waals surface area contributed by atoms with Crippen LogP contribution in [0.25, 0.3) is 21.8 Å². The van der Waals surface area contributed by atoms with Gasteiger partial charge in [0.25, 0.3) is 0 Å². The Morgan fingerprint density at radius 3 is 2.37 bits per heavy atom. The number of aromatic nitrogens is 2. The molecule has 4 aromatic rings. The lowest BCUT2D eigenvalue weighted by atomic mass is 10.1. The molecule has 5 nitrogen and oxygen atoms in total. The number of carbonyl (C=O) groups is 1. The van der Waals surface area contributed by atoms with Crippen LogP contribution in [-0.4, -0.2) is 23.0 Å². The summed E-state index contributed by atoms with van der Waals surface area (Å²) >= 11 is 3.18. The van der Waals surface area contributed by atoms with Gasteiger partial charge in [0.15, 0.2) is 0 Å². The first-order valence-corrected chi connectivity index (χ1v) is 11.2. The first-order chi connectivity index (χ1) is 14.6. The van der Waals surface area contributed by atoms with Gasteiger partial charge < -0.3 is 10.1 Å². The second-order valence-electron chi connectivity index (χ2n) is 6.77. The molecule has 1 amide bonds. The van der Waals surface area contributed by atoms with Crippen molar-refractivity contribution in [1.29, 1.82) is 0 Å². The van der Waals surface area contributed by atoms with Crippen LogP contribution in [-0.2, 0) is 17.8 Å². The van der Waals surface area contributed by atoms with E-state index in [1.54, 1.807) is 18.4 Å². The van der Waals surface area contributed by atoms with Gasteiger partial charge in [-0.2, -0.15) is 0 Å². The molecule has 0 aliphatic carbocycles. The minimum Gasteiger partial charge on any atom is -0.497 e. The van der Waals surface area contributed by atoms with E-state index in [2.05, 4.69) is 20.7 Å². The van der Waals surface area contributed by atoms with Crippen LogP contribution in [0.15, 0.2) is 59.3 Å². The molecular formula is C23H21N3O2S2. The maximum Gasteiger partial charge on any atom is 0.226 e. The van der Waals surface area contributed by atoms with E-state index in [1.165, 1.54) is 11.3 Å². The Kier molecular flexibility index (Phi) is 6.21. The average Bonchev–Trinajstić information content (AvgIpc) is 3.42. The van der Waals surface area contributed by atoms with E-state index in [0.29, 0.717) is 6.54 Å². The van der Waals surface area contributed by atoms with Gasteiger partial charge in [-0.25, -0.2) is 9.97 Å². The van der Waals surface area contributed by atoms with Gasteiger partial charge in [-0.15, -0.1) is 22.7 Å². The first kappa shape index (κ1) is 20.3. The summed E-state index contributed by atoms with van der Waals surface area (Å²) in [5.74, 6) is 0.769. The molecular weight excluding hydrogens is 414 g/mol. The molecule has 0 fully saturated rings. The van der Waals surface area contributed by atoms with Gasteiger partial charge in [0.05, 0.1) is 29.9 Å². The molecule has 30 heavy (non-hydrogen) atoms. The molecule has 4 rings (SSSR count). The normalized spacial score (nSPS) is 10.7. The van der Waals surface area contributed by atoms with E-state index < -0.39 is 0 Å². The number of hydrogen-bond donors (Lipinski definition) is 1. The number of methoxy groups -OCH3 is 1. The molecule has 2 aromatic heterocycles. The van der Waals surface area contributed by atoms with Gasteiger partial charge in [-0.3, -0.25) is 4.79 Å². The van der Waals surface area contributed by atoms with E-state index in [4.69, 9.17) is 4.74 Å². The molecule has 0 aliphatic heterocycles. The molecule has 0 atom stereocenters. The fourth-order valence-electron chi connectivity index (χ4n) is 2.97. The number of benzene rings is 2. The van der Waals surface area contributed by atoms with Crippen molar-refractivity contribution < 1.29 is 9.53 Å². The van der Waals surface area contributed by atoms with Crippen molar-refractivity contribution in [3.8, 4) is 27.6 Å². The summed E-state index contributed by atoms with van der Waals surface area (Å²) < 4.78 is 5.18. The molecule has 0 spiro atoms. The fourth-order valence-corrected chi connectivity index (χ4v) is 4.42. The molecule has 0 saturated heterocycles. The number of rotatable bonds is 7. The SMILES string of the molecule is COc1ccc(-c2nc(CC(=O)NCc3ccc(-c4csc(C)n4)cc3)cs2)cc1. The Labute approximate surface area is 183 Å². The number of thiazole rings is 2. The summed E-state index contributed by atoms with van der Waals surface area (Å²) in [6.45, 7) is 2.49. The standard InChI is InChI=1S/C23H21N3O2S2/c1-15-25-21(14-29-15)17-5-3-16(4-6-17)12-24-22(27)11-19-13-30-23(26-19)18-7-9-20(28-2)10-8-18/h3-10,13-14H,11-12H2,1-2H3,(H,24,27). The van der Waals surface area contributed by atoms with Crippen molar-refractivity contribution in [2.24, 2.45) is 0 Å². The van der Waals surface area contributed by atoms with Crippen LogP contribution < -0.4 is 10.1 Å². The maximum absolute atomic E-state index is 12.3. The number of aryl methyl sites for hydroxylation is 1. The quantitative estimate of drug-likeness (QED) is 0.438. The molecule has 2 heterocycles. The molecule has 7 heteroatoms. The Balaban J connectivity index is 1.31. The zero-order valence-corrected chi connectivity index (χ0v) is 18.3. The van der Waals surface area contributed by atoms with Crippen molar-refractivity contribution in [3.05, 3.63) is 75.6 Å². The summed E-state index contributed by atoms with van der Waals surface area (Å²) in [6.07, 6.45) is 0.267. The van der Waals surface area contributed by atoms with Crippen molar-refractivity contribution >= 4 is 28.6 Å². The third-order valence-corrected chi connectivity index (χ3v) is 6.30. The number of ether oxygens (including phenoxy) is 1. The summed E-state index contributed by atoms with van der Waals surface area (Å²) in [4.78, 5) is 21.4. The van der Waals surface area contributed by atoms with Crippen molar-refractivity contribution in [2.75, 3.05) is 7.11 Å².